The summed E-state index contributed by atoms with van der Waals surface area (Å²) in [5, 5.41) is 9.79. The van der Waals surface area contributed by atoms with E-state index < -0.39 is 0 Å². The molecule has 0 unspecified atom stereocenters. The standard InChI is InChI=1S/C15H11ClO2/c16-13-6-1-11(2-7-13)3-10-15(18)12-4-8-14(17)9-5-12/h1-10,17H/b10-3+. The van der Waals surface area contributed by atoms with Gasteiger partial charge in [-0.25, -0.2) is 0 Å². The molecular weight excluding hydrogens is 248 g/mol. The van der Waals surface area contributed by atoms with E-state index in [-0.39, 0.29) is 11.5 Å². The Hall–Kier alpha value is -2.06. The van der Waals surface area contributed by atoms with E-state index in [9.17, 15) is 4.79 Å². The molecule has 3 heteroatoms. The molecule has 0 radical (unpaired) electrons. The molecule has 2 rings (SSSR count). The summed E-state index contributed by atoms with van der Waals surface area (Å²) >= 11 is 5.77. The number of phenolic OH excluding ortho intramolecular Hbond substituents is 1. The molecule has 2 aromatic carbocycles. The summed E-state index contributed by atoms with van der Waals surface area (Å²) in [6.07, 6.45) is 3.22. The van der Waals surface area contributed by atoms with E-state index in [0.29, 0.717) is 10.6 Å². The van der Waals surface area contributed by atoms with Gasteiger partial charge in [0.25, 0.3) is 0 Å². The number of hydrogen-bond donors (Lipinski definition) is 1. The summed E-state index contributed by atoms with van der Waals surface area (Å²) in [4.78, 5) is 11.8. The van der Waals surface area contributed by atoms with Crippen molar-refractivity contribution < 1.29 is 9.90 Å². The molecule has 0 aliphatic rings. The van der Waals surface area contributed by atoms with Crippen LogP contribution < -0.4 is 0 Å². The lowest BCUT2D eigenvalue weighted by atomic mass is 10.1. The maximum absolute atomic E-state index is 11.8. The second-order valence-corrected chi connectivity index (χ2v) is 4.23. The number of allylic oxidation sites excluding steroid dienone is 1. The second kappa shape index (κ2) is 5.52. The van der Waals surface area contributed by atoms with E-state index in [4.69, 9.17) is 16.7 Å². The molecule has 2 aromatic rings. The van der Waals surface area contributed by atoms with Gasteiger partial charge in [0.05, 0.1) is 0 Å². The van der Waals surface area contributed by atoms with Crippen LogP contribution in [0.2, 0.25) is 5.02 Å². The molecule has 0 aromatic heterocycles. The molecular formula is C15H11ClO2. The van der Waals surface area contributed by atoms with E-state index in [1.165, 1.54) is 18.2 Å². The Morgan fingerprint density at radius 1 is 1.00 bits per heavy atom. The number of rotatable bonds is 3. The zero-order chi connectivity index (χ0) is 13.0. The fourth-order valence-corrected chi connectivity index (χ4v) is 1.59. The fraction of sp³-hybridized carbons (Fsp3) is 0. The summed E-state index contributed by atoms with van der Waals surface area (Å²) in [5.74, 6) is 0.0400. The monoisotopic (exact) mass is 258 g/mol. The zero-order valence-electron chi connectivity index (χ0n) is 9.51. The summed E-state index contributed by atoms with van der Waals surface area (Å²) in [7, 11) is 0. The maximum atomic E-state index is 11.8. The van der Waals surface area contributed by atoms with Crippen LogP contribution in [0.1, 0.15) is 15.9 Å². The Morgan fingerprint density at radius 3 is 2.22 bits per heavy atom. The van der Waals surface area contributed by atoms with Crippen LogP contribution in [0.15, 0.2) is 54.6 Å². The van der Waals surface area contributed by atoms with Crippen molar-refractivity contribution in [2.45, 2.75) is 0 Å². The van der Waals surface area contributed by atoms with Crippen molar-refractivity contribution in [3.8, 4) is 5.75 Å². The largest absolute Gasteiger partial charge is 0.508 e. The van der Waals surface area contributed by atoms with Crippen molar-refractivity contribution in [3.63, 3.8) is 0 Å². The third kappa shape index (κ3) is 3.22. The van der Waals surface area contributed by atoms with Crippen molar-refractivity contribution in [1.29, 1.82) is 0 Å². The van der Waals surface area contributed by atoms with E-state index in [2.05, 4.69) is 0 Å². The number of carbonyl (C=O) groups is 1. The normalized spacial score (nSPS) is 10.7. The topological polar surface area (TPSA) is 37.3 Å². The number of ketones is 1. The number of phenols is 1. The molecule has 0 amide bonds. The van der Waals surface area contributed by atoms with E-state index in [0.717, 1.165) is 5.56 Å². The quantitative estimate of drug-likeness (QED) is 0.669. The molecule has 18 heavy (non-hydrogen) atoms. The van der Waals surface area contributed by atoms with Crippen LogP contribution in [0.5, 0.6) is 5.75 Å². The molecule has 1 N–H and O–H groups in total. The maximum Gasteiger partial charge on any atom is 0.185 e. The first-order chi connectivity index (χ1) is 8.65. The SMILES string of the molecule is O=C(/C=C/c1ccc(Cl)cc1)c1ccc(O)cc1. The number of aromatic hydroxyl groups is 1. The number of hydrogen-bond acceptors (Lipinski definition) is 2. The first-order valence-corrected chi connectivity index (χ1v) is 5.80. The highest BCUT2D eigenvalue weighted by Crippen LogP contribution is 2.13. The molecule has 0 aliphatic carbocycles. The fourth-order valence-electron chi connectivity index (χ4n) is 1.47. The van der Waals surface area contributed by atoms with Crippen molar-refractivity contribution in [2.75, 3.05) is 0 Å². The van der Waals surface area contributed by atoms with Crippen molar-refractivity contribution in [2.24, 2.45) is 0 Å². The number of halogens is 1. The molecule has 0 saturated heterocycles. The van der Waals surface area contributed by atoms with E-state index >= 15 is 0 Å². The predicted molar refractivity (Wildman–Crippen MR) is 72.9 cm³/mol. The Kier molecular flexibility index (Phi) is 3.80. The minimum atomic E-state index is -0.107. The first-order valence-electron chi connectivity index (χ1n) is 5.42. The van der Waals surface area contributed by atoms with Gasteiger partial charge in [0, 0.05) is 10.6 Å². The van der Waals surface area contributed by atoms with Crippen LogP contribution in [-0.4, -0.2) is 10.9 Å². The Morgan fingerprint density at radius 2 is 1.61 bits per heavy atom. The van der Waals surface area contributed by atoms with Crippen LogP contribution >= 0.6 is 11.6 Å². The van der Waals surface area contributed by atoms with Crippen molar-refractivity contribution in [1.82, 2.24) is 0 Å². The van der Waals surface area contributed by atoms with Crippen molar-refractivity contribution in [3.05, 3.63) is 70.8 Å². The Balaban J connectivity index is 2.11. The molecule has 0 bridgehead atoms. The zero-order valence-corrected chi connectivity index (χ0v) is 10.3. The molecule has 0 saturated carbocycles. The highest BCUT2D eigenvalue weighted by atomic mass is 35.5. The summed E-state index contributed by atoms with van der Waals surface area (Å²) in [6, 6.07) is 13.4. The predicted octanol–water partition coefficient (Wildman–Crippen LogP) is 3.94. The summed E-state index contributed by atoms with van der Waals surface area (Å²) in [5.41, 5.74) is 1.45. The van der Waals surface area contributed by atoms with Crippen LogP contribution in [0.4, 0.5) is 0 Å². The highest BCUT2D eigenvalue weighted by molar-refractivity contribution is 6.30. The average molecular weight is 259 g/mol. The Bertz CT molecular complexity index is 568. The minimum Gasteiger partial charge on any atom is -0.508 e. The first kappa shape index (κ1) is 12.4. The third-order valence-corrected chi connectivity index (χ3v) is 2.70. The van der Waals surface area contributed by atoms with Gasteiger partial charge in [0.2, 0.25) is 0 Å². The number of benzene rings is 2. The second-order valence-electron chi connectivity index (χ2n) is 3.80. The Labute approximate surface area is 110 Å². The average Bonchev–Trinajstić information content (AvgIpc) is 2.38. The van der Waals surface area contributed by atoms with Gasteiger partial charge in [-0.3, -0.25) is 4.79 Å². The molecule has 0 aliphatic heterocycles. The van der Waals surface area contributed by atoms with Gasteiger partial charge in [0.15, 0.2) is 5.78 Å². The van der Waals surface area contributed by atoms with Gasteiger partial charge in [-0.15, -0.1) is 0 Å². The molecule has 0 spiro atoms. The highest BCUT2D eigenvalue weighted by Gasteiger charge is 2.00. The van der Waals surface area contributed by atoms with Gasteiger partial charge in [0.1, 0.15) is 5.75 Å². The van der Waals surface area contributed by atoms with Crippen LogP contribution in [0.25, 0.3) is 6.08 Å². The summed E-state index contributed by atoms with van der Waals surface area (Å²) < 4.78 is 0. The van der Waals surface area contributed by atoms with Crippen LogP contribution in [0, 0.1) is 0 Å². The summed E-state index contributed by atoms with van der Waals surface area (Å²) in [6.45, 7) is 0. The smallest absolute Gasteiger partial charge is 0.185 e. The van der Waals surface area contributed by atoms with Crippen molar-refractivity contribution >= 4 is 23.5 Å². The molecule has 2 nitrogen and oxygen atoms in total. The minimum absolute atomic E-state index is 0.107. The van der Waals surface area contributed by atoms with Gasteiger partial charge >= 0.3 is 0 Å². The third-order valence-electron chi connectivity index (χ3n) is 2.45. The van der Waals surface area contributed by atoms with Gasteiger partial charge in [-0.2, -0.15) is 0 Å². The van der Waals surface area contributed by atoms with Gasteiger partial charge in [-0.05, 0) is 48.0 Å². The van der Waals surface area contributed by atoms with Crippen LogP contribution in [0.3, 0.4) is 0 Å². The van der Waals surface area contributed by atoms with E-state index in [1.807, 2.05) is 12.1 Å². The van der Waals surface area contributed by atoms with Gasteiger partial charge in [-0.1, -0.05) is 29.8 Å². The lowest BCUT2D eigenvalue weighted by molar-refractivity contribution is 0.104. The molecule has 90 valence electrons. The lowest BCUT2D eigenvalue weighted by Gasteiger charge is -1.96. The van der Waals surface area contributed by atoms with E-state index in [1.54, 1.807) is 30.3 Å². The van der Waals surface area contributed by atoms with Crippen LogP contribution in [-0.2, 0) is 0 Å². The molecule has 0 atom stereocenters. The van der Waals surface area contributed by atoms with Gasteiger partial charge < -0.3 is 5.11 Å². The number of carbonyl (C=O) groups excluding carboxylic acids is 1. The molecule has 0 fully saturated rings. The molecule has 0 heterocycles. The lowest BCUT2D eigenvalue weighted by Crippen LogP contribution is -1.92.